The van der Waals surface area contributed by atoms with Crippen LogP contribution >= 0.6 is 0 Å². The number of pyridine rings is 3. The van der Waals surface area contributed by atoms with E-state index in [0.717, 1.165) is 88.2 Å². The first-order valence-corrected chi connectivity index (χ1v) is 13.3. The van der Waals surface area contributed by atoms with Crippen LogP contribution in [0.2, 0.25) is 0 Å². The molecule has 0 atom stereocenters. The zero-order valence-electron chi connectivity index (χ0n) is 22.1. The predicted molar refractivity (Wildman–Crippen MR) is 160 cm³/mol. The molecule has 7 rings (SSSR count). The lowest BCUT2D eigenvalue weighted by Gasteiger charge is -2.29. The second-order valence-corrected chi connectivity index (χ2v) is 9.84. The fraction of sp³-hybridized carbons (Fsp3) is 0.161. The minimum atomic E-state index is 0.751. The van der Waals surface area contributed by atoms with Crippen LogP contribution in [0.1, 0.15) is 5.69 Å². The Morgan fingerprint density at radius 3 is 2.50 bits per heavy atom. The number of morpholine rings is 1. The fourth-order valence-corrected chi connectivity index (χ4v) is 5.02. The quantitative estimate of drug-likeness (QED) is 0.235. The SMILES string of the molecule is Cc1cc(Nc2ccc3nc(-c4ccc(Nc5ccnc6ccc(N7CCOCC7)cc56)nc4)[nH]c3c2)ccn1. The van der Waals surface area contributed by atoms with Crippen molar-refractivity contribution in [1.29, 1.82) is 0 Å². The summed E-state index contributed by atoms with van der Waals surface area (Å²) in [6.07, 6.45) is 5.46. The summed E-state index contributed by atoms with van der Waals surface area (Å²) in [5, 5.41) is 7.97. The van der Waals surface area contributed by atoms with Crippen molar-refractivity contribution in [2.45, 2.75) is 6.92 Å². The molecular weight excluding hydrogens is 500 g/mol. The highest BCUT2D eigenvalue weighted by Crippen LogP contribution is 2.30. The number of hydrogen-bond acceptors (Lipinski definition) is 8. The van der Waals surface area contributed by atoms with E-state index < -0.39 is 0 Å². The molecule has 3 N–H and O–H groups in total. The molecule has 1 aliphatic rings. The Hall–Kier alpha value is -5.02. The van der Waals surface area contributed by atoms with Gasteiger partial charge in [0.05, 0.1) is 35.5 Å². The lowest BCUT2D eigenvalue weighted by Crippen LogP contribution is -2.36. The fourth-order valence-electron chi connectivity index (χ4n) is 5.02. The topological polar surface area (TPSA) is 104 Å². The van der Waals surface area contributed by atoms with Crippen molar-refractivity contribution in [1.82, 2.24) is 24.9 Å². The highest BCUT2D eigenvalue weighted by molar-refractivity contribution is 5.95. The van der Waals surface area contributed by atoms with E-state index in [1.54, 1.807) is 6.20 Å². The van der Waals surface area contributed by atoms with Crippen LogP contribution in [0.4, 0.5) is 28.6 Å². The number of ether oxygens (including phenoxy) is 1. The minimum Gasteiger partial charge on any atom is -0.378 e. The van der Waals surface area contributed by atoms with Crippen LogP contribution in [-0.2, 0) is 4.74 Å². The summed E-state index contributed by atoms with van der Waals surface area (Å²) in [5.74, 6) is 1.53. The molecular formula is C31H28N8O. The maximum atomic E-state index is 5.51. The number of imidazole rings is 1. The number of aromatic nitrogens is 5. The number of hydrogen-bond donors (Lipinski definition) is 3. The molecule has 1 saturated heterocycles. The second kappa shape index (κ2) is 10.3. The van der Waals surface area contributed by atoms with Gasteiger partial charge in [-0.3, -0.25) is 9.97 Å². The molecule has 0 saturated carbocycles. The molecule has 1 aliphatic heterocycles. The highest BCUT2D eigenvalue weighted by Gasteiger charge is 2.13. The van der Waals surface area contributed by atoms with Crippen molar-refractivity contribution >= 4 is 50.5 Å². The molecule has 9 heteroatoms. The molecule has 198 valence electrons. The number of benzene rings is 2. The Labute approximate surface area is 231 Å². The van der Waals surface area contributed by atoms with E-state index in [4.69, 9.17) is 9.72 Å². The summed E-state index contributed by atoms with van der Waals surface area (Å²) in [5.41, 5.74) is 8.79. The van der Waals surface area contributed by atoms with E-state index in [1.807, 2.05) is 61.8 Å². The van der Waals surface area contributed by atoms with Crippen LogP contribution in [0.5, 0.6) is 0 Å². The van der Waals surface area contributed by atoms with Gasteiger partial charge in [-0.1, -0.05) is 0 Å². The first kappa shape index (κ1) is 24.1. The summed E-state index contributed by atoms with van der Waals surface area (Å²) in [4.78, 5) is 24.1. The molecule has 0 spiro atoms. The van der Waals surface area contributed by atoms with Crippen LogP contribution in [0.25, 0.3) is 33.3 Å². The summed E-state index contributed by atoms with van der Waals surface area (Å²) >= 11 is 0. The number of fused-ring (bicyclic) bond motifs is 2. The summed E-state index contributed by atoms with van der Waals surface area (Å²) in [6.45, 7) is 5.26. The van der Waals surface area contributed by atoms with Gasteiger partial charge in [0.1, 0.15) is 11.6 Å². The molecule has 0 aliphatic carbocycles. The van der Waals surface area contributed by atoms with Crippen LogP contribution in [0.3, 0.4) is 0 Å². The van der Waals surface area contributed by atoms with Gasteiger partial charge in [-0.2, -0.15) is 0 Å². The largest absolute Gasteiger partial charge is 0.378 e. The monoisotopic (exact) mass is 528 g/mol. The first-order valence-electron chi connectivity index (χ1n) is 13.3. The van der Waals surface area contributed by atoms with Crippen molar-refractivity contribution in [2.24, 2.45) is 0 Å². The van der Waals surface area contributed by atoms with E-state index in [2.05, 4.69) is 59.7 Å². The third-order valence-electron chi connectivity index (χ3n) is 7.07. The minimum absolute atomic E-state index is 0.751. The smallest absolute Gasteiger partial charge is 0.140 e. The Bertz CT molecular complexity index is 1810. The van der Waals surface area contributed by atoms with Crippen molar-refractivity contribution < 1.29 is 4.74 Å². The molecule has 0 bridgehead atoms. The van der Waals surface area contributed by atoms with Gasteiger partial charge in [0.25, 0.3) is 0 Å². The van der Waals surface area contributed by atoms with Crippen molar-refractivity contribution in [3.05, 3.63) is 91.0 Å². The third kappa shape index (κ3) is 4.90. The average Bonchev–Trinajstić information content (AvgIpc) is 3.42. The van der Waals surface area contributed by atoms with Gasteiger partial charge in [-0.25, -0.2) is 9.97 Å². The molecule has 0 radical (unpaired) electrons. The lowest BCUT2D eigenvalue weighted by molar-refractivity contribution is 0.122. The Balaban J connectivity index is 1.11. The van der Waals surface area contributed by atoms with Crippen LogP contribution < -0.4 is 15.5 Å². The van der Waals surface area contributed by atoms with E-state index in [1.165, 1.54) is 5.69 Å². The van der Waals surface area contributed by atoms with Crippen molar-refractivity contribution in [3.8, 4) is 11.4 Å². The zero-order valence-corrected chi connectivity index (χ0v) is 22.1. The molecule has 40 heavy (non-hydrogen) atoms. The molecule has 0 unspecified atom stereocenters. The number of rotatable bonds is 6. The van der Waals surface area contributed by atoms with Crippen LogP contribution in [0.15, 0.2) is 85.3 Å². The molecule has 1 fully saturated rings. The van der Waals surface area contributed by atoms with E-state index in [0.29, 0.717) is 0 Å². The maximum absolute atomic E-state index is 5.51. The zero-order chi connectivity index (χ0) is 26.9. The predicted octanol–water partition coefficient (Wildman–Crippen LogP) is 6.20. The first-order chi connectivity index (χ1) is 19.7. The third-order valence-corrected chi connectivity index (χ3v) is 7.07. The van der Waals surface area contributed by atoms with Crippen molar-refractivity contribution in [2.75, 3.05) is 41.8 Å². The Morgan fingerprint density at radius 2 is 1.65 bits per heavy atom. The number of aryl methyl sites for hydroxylation is 1. The summed E-state index contributed by atoms with van der Waals surface area (Å²) < 4.78 is 5.51. The highest BCUT2D eigenvalue weighted by atomic mass is 16.5. The second-order valence-electron chi connectivity index (χ2n) is 9.84. The number of nitrogens with one attached hydrogen (secondary N) is 3. The van der Waals surface area contributed by atoms with Gasteiger partial charge < -0.3 is 25.3 Å². The summed E-state index contributed by atoms with van der Waals surface area (Å²) in [6, 6.07) is 22.4. The Morgan fingerprint density at radius 1 is 0.800 bits per heavy atom. The maximum Gasteiger partial charge on any atom is 0.140 e. The van der Waals surface area contributed by atoms with E-state index in [9.17, 15) is 0 Å². The Kier molecular flexibility index (Phi) is 6.18. The van der Waals surface area contributed by atoms with Crippen LogP contribution in [-0.4, -0.2) is 51.2 Å². The van der Waals surface area contributed by atoms with Gasteiger partial charge in [-0.15, -0.1) is 0 Å². The molecule has 9 nitrogen and oxygen atoms in total. The van der Waals surface area contributed by atoms with Gasteiger partial charge in [-0.05, 0) is 73.7 Å². The molecule has 4 aromatic heterocycles. The molecule has 6 aromatic rings. The van der Waals surface area contributed by atoms with E-state index in [-0.39, 0.29) is 0 Å². The van der Waals surface area contributed by atoms with Gasteiger partial charge in [0.2, 0.25) is 0 Å². The number of aromatic amines is 1. The summed E-state index contributed by atoms with van der Waals surface area (Å²) in [7, 11) is 0. The molecule has 2 aromatic carbocycles. The van der Waals surface area contributed by atoms with E-state index >= 15 is 0 Å². The average molecular weight is 529 g/mol. The van der Waals surface area contributed by atoms with Crippen LogP contribution in [0, 0.1) is 6.92 Å². The van der Waals surface area contributed by atoms with Gasteiger partial charge >= 0.3 is 0 Å². The number of H-pyrrole nitrogens is 1. The standard InChI is InChI=1S/C31H28N8O/c1-20-16-23(8-10-32-20)35-22-3-5-28-29(17-22)38-31(37-28)21-2-7-30(34-19-21)36-27-9-11-33-26-6-4-24(18-25(26)27)39-12-14-40-15-13-39/h2-11,16-19H,12-15H2,1H3,(H,32,35)(H,37,38)(H,33,34,36). The number of nitrogens with zero attached hydrogens (tertiary/aromatic N) is 5. The van der Waals surface area contributed by atoms with Gasteiger partial charge in [0.15, 0.2) is 0 Å². The van der Waals surface area contributed by atoms with Gasteiger partial charge in [0, 0.05) is 65.4 Å². The molecule has 0 amide bonds. The molecule has 5 heterocycles. The lowest BCUT2D eigenvalue weighted by atomic mass is 10.1. The van der Waals surface area contributed by atoms with Crippen molar-refractivity contribution in [3.63, 3.8) is 0 Å². The normalized spacial score (nSPS) is 13.6. The number of anilines is 5.